The van der Waals surface area contributed by atoms with E-state index in [9.17, 15) is 23.7 Å². The van der Waals surface area contributed by atoms with Crippen molar-refractivity contribution in [3.63, 3.8) is 0 Å². The molecule has 7 heterocycles. The molecule has 3 N–H and O–H groups in total. The molecule has 76 heavy (non-hydrogen) atoms. The van der Waals surface area contributed by atoms with Gasteiger partial charge in [-0.2, -0.15) is 10.1 Å². The number of aryl methyl sites for hydroxylation is 1. The predicted octanol–water partition coefficient (Wildman–Crippen LogP) is 8.94. The Morgan fingerprint density at radius 1 is 0.789 bits per heavy atom. The number of amides is 4. The Labute approximate surface area is 447 Å². The number of fused-ring (bicyclic) bond motifs is 1. The Bertz CT molecular complexity index is 3290. The second-order valence-corrected chi connectivity index (χ2v) is 25.1. The molecule has 394 valence electrons. The van der Waals surface area contributed by atoms with E-state index in [1.807, 2.05) is 80.1 Å². The standard InChI is InChI=1S/C57H63ClN11O6P/c1-65-34-39(31-60-65)42-29-46(62-56-59-32-44(58)52(64-56)61-45-14-11-38(27-50(45)76(3,4)74)37-9-6-5-7-10-37)49(75-2)30-48(42)67-23-17-36(18-24-67)33-66-25-20-57(21-26-66)19-8-22-68(35-57)40-12-13-41-43(28-40)55(73)69(54(41)72)47-15-16-51(70)63-53(47)71/h5-7,9-14,27-32,34,36,47H,8,15-26,33,35H2,1-4H3,(H,63,70,71)(H2,59,61,62,64). The number of likely N-dealkylation sites (tertiary alicyclic amines) is 1. The van der Waals surface area contributed by atoms with Gasteiger partial charge in [-0.1, -0.05) is 48.0 Å². The topological polar surface area (TPSA) is 187 Å². The van der Waals surface area contributed by atoms with E-state index in [1.165, 1.54) is 0 Å². The van der Waals surface area contributed by atoms with Gasteiger partial charge in [0.25, 0.3) is 11.8 Å². The number of anilines is 6. The first kappa shape index (κ1) is 51.1. The number of ether oxygens (including phenoxy) is 1. The Kier molecular flexibility index (Phi) is 14.0. The molecule has 4 fully saturated rings. The molecule has 0 bridgehead atoms. The van der Waals surface area contributed by atoms with E-state index in [0.717, 1.165) is 123 Å². The maximum Gasteiger partial charge on any atom is 0.262 e. The minimum absolute atomic E-state index is 0.0899. The maximum absolute atomic E-state index is 13.7. The molecule has 6 aromatic rings. The number of hydrogen-bond acceptors (Lipinski definition) is 14. The molecule has 0 saturated carbocycles. The van der Waals surface area contributed by atoms with Gasteiger partial charge in [-0.25, -0.2) is 4.98 Å². The van der Waals surface area contributed by atoms with Crippen LogP contribution in [0, 0.1) is 11.3 Å². The van der Waals surface area contributed by atoms with Crippen LogP contribution in [0.5, 0.6) is 5.75 Å². The fourth-order valence-electron chi connectivity index (χ4n) is 12.0. The molecule has 5 aliphatic rings. The van der Waals surface area contributed by atoms with Gasteiger partial charge in [-0.05, 0) is 130 Å². The van der Waals surface area contributed by atoms with Crippen LogP contribution in [0.2, 0.25) is 5.02 Å². The van der Waals surface area contributed by atoms with Crippen molar-refractivity contribution >= 4 is 82.2 Å². The highest BCUT2D eigenvalue weighted by Crippen LogP contribution is 2.45. The molecular formula is C57H63ClN11O6P. The average Bonchev–Trinajstić information content (AvgIpc) is 4.02. The van der Waals surface area contributed by atoms with E-state index >= 15 is 0 Å². The van der Waals surface area contributed by atoms with Crippen LogP contribution in [0.25, 0.3) is 22.3 Å². The third-order valence-electron chi connectivity index (χ3n) is 16.1. The van der Waals surface area contributed by atoms with Gasteiger partial charge < -0.3 is 34.6 Å². The number of benzene rings is 4. The van der Waals surface area contributed by atoms with Crippen molar-refractivity contribution in [2.45, 2.75) is 57.4 Å². The van der Waals surface area contributed by atoms with Gasteiger partial charge in [0.1, 0.15) is 24.0 Å². The number of aromatic nitrogens is 4. The Morgan fingerprint density at radius 3 is 2.29 bits per heavy atom. The predicted molar refractivity (Wildman–Crippen MR) is 297 cm³/mol. The number of imide groups is 2. The first-order valence-corrected chi connectivity index (χ1v) is 29.2. The van der Waals surface area contributed by atoms with Crippen LogP contribution >= 0.6 is 18.7 Å². The van der Waals surface area contributed by atoms with Gasteiger partial charge in [-0.3, -0.25) is 34.1 Å². The van der Waals surface area contributed by atoms with Gasteiger partial charge in [0.15, 0.2) is 5.82 Å². The summed E-state index contributed by atoms with van der Waals surface area (Å²) in [6.45, 7) is 10.2. The van der Waals surface area contributed by atoms with Crippen molar-refractivity contribution in [1.82, 2.24) is 34.9 Å². The number of nitrogens with zero attached hydrogens (tertiary/aromatic N) is 8. The van der Waals surface area contributed by atoms with Crippen LogP contribution in [0.3, 0.4) is 0 Å². The summed E-state index contributed by atoms with van der Waals surface area (Å²) in [6, 6.07) is 24.6. The van der Waals surface area contributed by atoms with Gasteiger partial charge in [0.05, 0.1) is 42.0 Å². The molecule has 17 nitrogen and oxygen atoms in total. The summed E-state index contributed by atoms with van der Waals surface area (Å²) in [5.41, 5.74) is 8.10. The molecular weight excluding hydrogens is 1000 g/mol. The second-order valence-electron chi connectivity index (χ2n) is 21.5. The number of rotatable bonds is 13. The third kappa shape index (κ3) is 10.3. The zero-order valence-electron chi connectivity index (χ0n) is 43.4. The summed E-state index contributed by atoms with van der Waals surface area (Å²) in [4.78, 5) is 69.3. The number of carbonyl (C=O) groups excluding carboxylic acids is 4. The van der Waals surface area contributed by atoms with Crippen molar-refractivity contribution in [1.29, 1.82) is 0 Å². The first-order valence-electron chi connectivity index (χ1n) is 26.2. The van der Waals surface area contributed by atoms with Crippen molar-refractivity contribution in [2.75, 3.05) is 86.7 Å². The lowest BCUT2D eigenvalue weighted by Gasteiger charge is -2.49. The first-order chi connectivity index (χ1) is 36.6. The van der Waals surface area contributed by atoms with Crippen LogP contribution in [0.15, 0.2) is 97.5 Å². The van der Waals surface area contributed by atoms with Crippen LogP contribution in [-0.2, 0) is 21.2 Å². The van der Waals surface area contributed by atoms with Crippen LogP contribution in [-0.4, -0.2) is 125 Å². The lowest BCUT2D eigenvalue weighted by atomic mass is 9.72. The monoisotopic (exact) mass is 1060 g/mol. The van der Waals surface area contributed by atoms with Crippen LogP contribution in [0.4, 0.5) is 34.5 Å². The summed E-state index contributed by atoms with van der Waals surface area (Å²) < 4.78 is 21.5. The van der Waals surface area contributed by atoms with Crippen molar-refractivity contribution in [3.8, 4) is 28.0 Å². The summed E-state index contributed by atoms with van der Waals surface area (Å²) in [6.07, 6.45) is 12.2. The average molecular weight is 1060 g/mol. The Hall–Kier alpha value is -7.07. The largest absolute Gasteiger partial charge is 0.494 e. The summed E-state index contributed by atoms with van der Waals surface area (Å²) in [5, 5.41) is 14.6. The van der Waals surface area contributed by atoms with Gasteiger partial charge in [0.2, 0.25) is 17.8 Å². The molecule has 0 aliphatic carbocycles. The normalized spacial score (nSPS) is 19.3. The Morgan fingerprint density at radius 2 is 1.57 bits per heavy atom. The van der Waals surface area contributed by atoms with E-state index < -0.39 is 30.9 Å². The van der Waals surface area contributed by atoms with E-state index in [1.54, 1.807) is 37.4 Å². The highest BCUT2D eigenvalue weighted by atomic mass is 35.5. The zero-order valence-corrected chi connectivity index (χ0v) is 45.0. The number of nitrogens with one attached hydrogen (secondary N) is 3. The molecule has 5 aliphatic heterocycles. The van der Waals surface area contributed by atoms with E-state index in [-0.39, 0.29) is 24.2 Å². The molecule has 19 heteroatoms. The summed E-state index contributed by atoms with van der Waals surface area (Å²) >= 11 is 6.72. The summed E-state index contributed by atoms with van der Waals surface area (Å²) in [7, 11) is 0.837. The second kappa shape index (κ2) is 20.8. The van der Waals surface area contributed by atoms with Crippen LogP contribution < -0.4 is 35.8 Å². The fraction of sp³-hybridized carbons (Fsp3) is 0.386. The Balaban J connectivity index is 0.734. The third-order valence-corrected chi connectivity index (χ3v) is 17.9. The molecule has 11 rings (SSSR count). The molecule has 1 spiro atoms. The molecule has 4 aromatic carbocycles. The quantitative estimate of drug-likeness (QED) is 0.0735. The fourth-order valence-corrected chi connectivity index (χ4v) is 13.3. The lowest BCUT2D eigenvalue weighted by molar-refractivity contribution is -0.136. The molecule has 0 radical (unpaired) electrons. The molecule has 4 amide bonds. The van der Waals surface area contributed by atoms with Crippen molar-refractivity contribution < 1.29 is 28.5 Å². The zero-order chi connectivity index (χ0) is 52.9. The molecule has 1 unspecified atom stereocenters. The van der Waals surface area contributed by atoms with Gasteiger partial charge in [-0.15, -0.1) is 0 Å². The number of hydrogen-bond donors (Lipinski definition) is 3. The number of piperidine rings is 4. The highest BCUT2D eigenvalue weighted by Gasteiger charge is 2.45. The SMILES string of the molecule is COc1cc(N2CCC(CN3CCC4(CCCN(c5ccc6c(c5)C(=O)N(C5CCC(=O)NC5=O)C6=O)C4)CC3)CC2)c(-c2cnn(C)c2)cc1Nc1ncc(Cl)c(Nc2ccc(-c3ccccc3)cc2P(C)(C)=O)n1. The summed E-state index contributed by atoms with van der Waals surface area (Å²) in [5.74, 6) is -0.0758. The number of carbonyl (C=O) groups is 4. The van der Waals surface area contributed by atoms with E-state index in [0.29, 0.717) is 56.3 Å². The lowest BCUT2D eigenvalue weighted by Crippen LogP contribution is -2.54. The number of halogens is 1. The molecule has 4 saturated heterocycles. The minimum Gasteiger partial charge on any atom is -0.494 e. The van der Waals surface area contributed by atoms with E-state index in [2.05, 4.69) is 52.9 Å². The van der Waals surface area contributed by atoms with E-state index in [4.69, 9.17) is 21.3 Å². The molecule has 2 aromatic heterocycles. The van der Waals surface area contributed by atoms with Crippen molar-refractivity contribution in [2.24, 2.45) is 18.4 Å². The molecule has 1 atom stereocenters. The number of methoxy groups -OCH3 is 1. The van der Waals surface area contributed by atoms with Crippen LogP contribution in [0.1, 0.15) is 72.1 Å². The smallest absolute Gasteiger partial charge is 0.262 e. The minimum atomic E-state index is -2.74. The van der Waals surface area contributed by atoms with Crippen molar-refractivity contribution in [3.05, 3.63) is 114 Å². The van der Waals surface area contributed by atoms with Gasteiger partial charge in [0, 0.05) is 86.3 Å². The highest BCUT2D eigenvalue weighted by molar-refractivity contribution is 7.70. The van der Waals surface area contributed by atoms with Gasteiger partial charge >= 0.3 is 0 Å². The maximum atomic E-state index is 13.7.